The molecule has 0 spiro atoms. The number of ketones is 1. The van der Waals surface area contributed by atoms with Crippen LogP contribution in [0.15, 0.2) is 24.3 Å². The zero-order chi connectivity index (χ0) is 12.3. The number of ether oxygens (including phenoxy) is 1. The summed E-state index contributed by atoms with van der Waals surface area (Å²) in [6.07, 6.45) is -4.10. The molecule has 1 aromatic carbocycles. The standard InChI is InChI=1S/C10H8ClF3O2/c1-6(15)7-2-4-8(5-3-7)16-10(13,14)9(11)12/h2-5,9H,1H3. The van der Waals surface area contributed by atoms with Crippen molar-refractivity contribution >= 4 is 17.4 Å². The molecule has 0 saturated carbocycles. The van der Waals surface area contributed by atoms with Crippen LogP contribution in [0.2, 0.25) is 0 Å². The van der Waals surface area contributed by atoms with Gasteiger partial charge in [-0.25, -0.2) is 4.39 Å². The molecule has 0 amide bonds. The topological polar surface area (TPSA) is 26.3 Å². The number of Topliss-reactive ketones (excluding diaryl/α,β-unsaturated/α-hetero) is 1. The highest BCUT2D eigenvalue weighted by Gasteiger charge is 2.42. The third-order valence-electron chi connectivity index (χ3n) is 1.77. The lowest BCUT2D eigenvalue weighted by atomic mass is 10.1. The number of hydrogen-bond acceptors (Lipinski definition) is 2. The molecule has 1 rings (SSSR count). The van der Waals surface area contributed by atoms with Crippen molar-refractivity contribution in [1.82, 2.24) is 0 Å². The number of rotatable bonds is 4. The Kier molecular flexibility index (Phi) is 3.80. The molecule has 0 heterocycles. The van der Waals surface area contributed by atoms with Crippen molar-refractivity contribution in [3.8, 4) is 5.75 Å². The molecule has 1 aromatic rings. The second-order valence-corrected chi connectivity index (χ2v) is 3.43. The summed E-state index contributed by atoms with van der Waals surface area (Å²) in [5, 5.41) is 0. The highest BCUT2D eigenvalue weighted by molar-refractivity contribution is 6.20. The van der Waals surface area contributed by atoms with Crippen LogP contribution >= 0.6 is 11.6 Å². The van der Waals surface area contributed by atoms with Crippen LogP contribution in [0.25, 0.3) is 0 Å². The summed E-state index contributed by atoms with van der Waals surface area (Å²) in [4.78, 5) is 10.9. The van der Waals surface area contributed by atoms with E-state index in [1.165, 1.54) is 19.1 Å². The van der Waals surface area contributed by atoms with Crippen LogP contribution in [0.5, 0.6) is 5.75 Å². The van der Waals surface area contributed by atoms with Gasteiger partial charge in [-0.2, -0.15) is 8.78 Å². The lowest BCUT2D eigenvalue weighted by Gasteiger charge is -2.17. The maximum absolute atomic E-state index is 12.7. The van der Waals surface area contributed by atoms with Gasteiger partial charge in [0, 0.05) is 5.56 Å². The highest BCUT2D eigenvalue weighted by atomic mass is 35.5. The van der Waals surface area contributed by atoms with Crippen molar-refractivity contribution in [2.24, 2.45) is 0 Å². The van der Waals surface area contributed by atoms with E-state index in [1.807, 2.05) is 0 Å². The molecule has 2 nitrogen and oxygen atoms in total. The number of alkyl halides is 4. The second-order valence-electron chi connectivity index (χ2n) is 3.05. The van der Waals surface area contributed by atoms with Crippen molar-refractivity contribution in [1.29, 1.82) is 0 Å². The SMILES string of the molecule is CC(=O)c1ccc(OC(F)(F)C(F)Cl)cc1. The first-order chi connectivity index (χ1) is 7.33. The van der Waals surface area contributed by atoms with E-state index in [2.05, 4.69) is 16.3 Å². The van der Waals surface area contributed by atoms with Crippen molar-refractivity contribution in [2.45, 2.75) is 18.7 Å². The minimum absolute atomic E-state index is 0.209. The van der Waals surface area contributed by atoms with Gasteiger partial charge < -0.3 is 4.74 Å². The molecule has 0 fully saturated rings. The summed E-state index contributed by atoms with van der Waals surface area (Å²) in [6, 6.07) is 4.89. The van der Waals surface area contributed by atoms with Crippen molar-refractivity contribution in [3.63, 3.8) is 0 Å². The summed E-state index contributed by atoms with van der Waals surface area (Å²) < 4.78 is 41.6. The fourth-order valence-corrected chi connectivity index (χ4v) is 1.00. The van der Waals surface area contributed by atoms with Gasteiger partial charge in [0.2, 0.25) is 0 Å². The summed E-state index contributed by atoms with van der Waals surface area (Å²) >= 11 is 4.61. The number of benzene rings is 1. The van der Waals surface area contributed by atoms with Crippen molar-refractivity contribution < 1.29 is 22.7 Å². The van der Waals surface area contributed by atoms with Crippen LogP contribution in [-0.4, -0.2) is 17.5 Å². The fourth-order valence-electron chi connectivity index (χ4n) is 0.959. The molecule has 0 aliphatic heterocycles. The zero-order valence-electron chi connectivity index (χ0n) is 8.22. The molecule has 16 heavy (non-hydrogen) atoms. The average molecular weight is 253 g/mol. The van der Waals surface area contributed by atoms with Gasteiger partial charge in [-0.05, 0) is 31.2 Å². The van der Waals surface area contributed by atoms with Gasteiger partial charge >= 0.3 is 6.11 Å². The quantitative estimate of drug-likeness (QED) is 0.606. The molecule has 0 bridgehead atoms. The average Bonchev–Trinajstić information content (AvgIpc) is 2.17. The van der Waals surface area contributed by atoms with Gasteiger partial charge in [-0.3, -0.25) is 4.79 Å². The maximum atomic E-state index is 12.7. The minimum atomic E-state index is -4.10. The zero-order valence-corrected chi connectivity index (χ0v) is 8.97. The van der Waals surface area contributed by atoms with Crippen LogP contribution in [-0.2, 0) is 0 Å². The molecule has 0 aliphatic carbocycles. The van der Waals surface area contributed by atoms with E-state index >= 15 is 0 Å². The number of halogens is 4. The Morgan fingerprint density at radius 2 is 1.88 bits per heavy atom. The van der Waals surface area contributed by atoms with Crippen molar-refractivity contribution in [2.75, 3.05) is 0 Å². The summed E-state index contributed by atoms with van der Waals surface area (Å²) in [5.41, 5.74) is -2.58. The van der Waals surface area contributed by atoms with E-state index < -0.39 is 11.7 Å². The largest absolute Gasteiger partial charge is 0.444 e. The molecule has 0 radical (unpaired) electrons. The summed E-state index contributed by atoms with van der Waals surface area (Å²) in [7, 11) is 0. The molecular weight excluding hydrogens is 245 g/mol. The van der Waals surface area contributed by atoms with Crippen LogP contribution in [0.3, 0.4) is 0 Å². The molecule has 1 unspecified atom stereocenters. The van der Waals surface area contributed by atoms with Gasteiger partial charge in [0.1, 0.15) is 5.75 Å². The van der Waals surface area contributed by atoms with Crippen molar-refractivity contribution in [3.05, 3.63) is 29.8 Å². The smallest absolute Gasteiger partial charge is 0.429 e. The molecule has 0 N–H and O–H groups in total. The van der Waals surface area contributed by atoms with Crippen LogP contribution in [0.4, 0.5) is 13.2 Å². The highest BCUT2D eigenvalue weighted by Crippen LogP contribution is 2.28. The molecule has 0 aliphatic rings. The summed E-state index contributed by atoms with van der Waals surface area (Å²) in [5.74, 6) is -0.475. The molecule has 6 heteroatoms. The van der Waals surface area contributed by atoms with E-state index in [0.29, 0.717) is 5.56 Å². The molecule has 1 atom stereocenters. The van der Waals surface area contributed by atoms with Gasteiger partial charge in [0.15, 0.2) is 5.78 Å². The molecule has 0 saturated heterocycles. The minimum Gasteiger partial charge on any atom is -0.429 e. The lowest BCUT2D eigenvalue weighted by Crippen LogP contribution is -2.32. The van der Waals surface area contributed by atoms with Gasteiger partial charge in [-0.1, -0.05) is 11.6 Å². The summed E-state index contributed by atoms with van der Waals surface area (Å²) in [6.45, 7) is 1.33. The molecule has 88 valence electrons. The van der Waals surface area contributed by atoms with Crippen LogP contribution in [0.1, 0.15) is 17.3 Å². The van der Waals surface area contributed by atoms with Gasteiger partial charge in [-0.15, -0.1) is 0 Å². The van der Waals surface area contributed by atoms with E-state index in [4.69, 9.17) is 0 Å². The molecule has 0 aromatic heterocycles. The van der Waals surface area contributed by atoms with Crippen LogP contribution in [0, 0.1) is 0 Å². The lowest BCUT2D eigenvalue weighted by molar-refractivity contribution is -0.199. The number of carbonyl (C=O) groups is 1. The Bertz CT molecular complexity index is 376. The number of hydrogen-bond donors (Lipinski definition) is 0. The Balaban J connectivity index is 2.80. The van der Waals surface area contributed by atoms with Gasteiger partial charge in [0.25, 0.3) is 5.63 Å². The first-order valence-electron chi connectivity index (χ1n) is 4.29. The third kappa shape index (κ3) is 3.13. The maximum Gasteiger partial charge on any atom is 0.444 e. The van der Waals surface area contributed by atoms with E-state index in [-0.39, 0.29) is 11.5 Å². The Labute approximate surface area is 95.0 Å². The van der Waals surface area contributed by atoms with Crippen LogP contribution < -0.4 is 4.74 Å². The number of carbonyl (C=O) groups excluding carboxylic acids is 1. The van der Waals surface area contributed by atoms with E-state index in [0.717, 1.165) is 12.1 Å². The Morgan fingerprint density at radius 3 is 2.25 bits per heavy atom. The predicted molar refractivity (Wildman–Crippen MR) is 52.8 cm³/mol. The normalized spacial score (nSPS) is 13.3. The van der Waals surface area contributed by atoms with E-state index in [9.17, 15) is 18.0 Å². The van der Waals surface area contributed by atoms with E-state index in [1.54, 1.807) is 0 Å². The van der Waals surface area contributed by atoms with Gasteiger partial charge in [0.05, 0.1) is 0 Å². The molecular formula is C10H8ClF3O2. The first kappa shape index (κ1) is 12.8. The monoisotopic (exact) mass is 252 g/mol. The second kappa shape index (κ2) is 4.74. The predicted octanol–water partition coefficient (Wildman–Crippen LogP) is 3.40. The third-order valence-corrected chi connectivity index (χ3v) is 2.02. The first-order valence-corrected chi connectivity index (χ1v) is 4.72. The Morgan fingerprint density at radius 1 is 1.38 bits per heavy atom. The Hall–Kier alpha value is -1.23. The fraction of sp³-hybridized carbons (Fsp3) is 0.300.